The Morgan fingerprint density at radius 1 is 1.15 bits per heavy atom. The monoisotopic (exact) mass is 362 g/mol. The van der Waals surface area contributed by atoms with Gasteiger partial charge in [0.2, 0.25) is 0 Å². The van der Waals surface area contributed by atoms with Gasteiger partial charge in [-0.25, -0.2) is 4.68 Å². The maximum Gasteiger partial charge on any atom is 0.271 e. The second kappa shape index (κ2) is 6.87. The van der Waals surface area contributed by atoms with Crippen molar-refractivity contribution in [2.75, 3.05) is 11.9 Å². The van der Waals surface area contributed by atoms with E-state index < -0.39 is 0 Å². The number of aryl methyl sites for hydroxylation is 2. The second-order valence-corrected chi connectivity index (χ2v) is 7.07. The number of nitrogens with zero attached hydrogens (tertiary/aromatic N) is 3. The molecule has 27 heavy (non-hydrogen) atoms. The minimum Gasteiger partial charge on any atom is -0.370 e. The lowest BCUT2D eigenvalue weighted by Crippen LogP contribution is -2.08. The van der Waals surface area contributed by atoms with Gasteiger partial charge in [0.25, 0.3) is 5.69 Å². The number of nitro groups is 1. The van der Waals surface area contributed by atoms with Crippen LogP contribution in [0, 0.1) is 24.0 Å². The third-order valence-electron chi connectivity index (χ3n) is 5.05. The van der Waals surface area contributed by atoms with E-state index >= 15 is 0 Å². The lowest BCUT2D eigenvalue weighted by Gasteiger charge is -2.11. The van der Waals surface area contributed by atoms with Gasteiger partial charge in [-0.05, 0) is 44.7 Å². The van der Waals surface area contributed by atoms with Gasteiger partial charge in [0.1, 0.15) is 5.82 Å². The van der Waals surface area contributed by atoms with E-state index in [1.165, 1.54) is 17.2 Å². The number of fused-ring (bicyclic) bond motifs is 1. The summed E-state index contributed by atoms with van der Waals surface area (Å²) < 4.78 is 1.85. The molecular weight excluding hydrogens is 340 g/mol. The summed E-state index contributed by atoms with van der Waals surface area (Å²) in [5, 5.41) is 19.7. The average molecular weight is 362 g/mol. The number of anilines is 1. The van der Waals surface area contributed by atoms with Crippen LogP contribution in [0.2, 0.25) is 0 Å². The molecule has 0 unspecified atom stereocenters. The van der Waals surface area contributed by atoms with Crippen molar-refractivity contribution in [3.63, 3.8) is 0 Å². The molecule has 1 N–H and O–H groups in total. The van der Waals surface area contributed by atoms with Crippen LogP contribution in [0.15, 0.2) is 42.5 Å². The zero-order valence-electron chi connectivity index (χ0n) is 15.5. The number of benzene rings is 2. The molecule has 0 amide bonds. The maximum atomic E-state index is 11.3. The van der Waals surface area contributed by atoms with E-state index in [4.69, 9.17) is 5.10 Å². The van der Waals surface area contributed by atoms with Gasteiger partial charge in [0, 0.05) is 29.8 Å². The number of non-ortho nitro benzene ring substituents is 1. The molecular formula is C21H22N4O2. The third-order valence-corrected chi connectivity index (χ3v) is 5.05. The van der Waals surface area contributed by atoms with Crippen LogP contribution in [0.5, 0.6) is 0 Å². The quantitative estimate of drug-likeness (QED) is 0.536. The molecule has 4 rings (SSSR count). The van der Waals surface area contributed by atoms with E-state index in [1.54, 1.807) is 12.1 Å². The van der Waals surface area contributed by atoms with Crippen LogP contribution in [0.4, 0.5) is 11.5 Å². The molecule has 1 aliphatic rings. The minimum atomic E-state index is -0.361. The van der Waals surface area contributed by atoms with E-state index in [1.807, 2.05) is 17.7 Å². The van der Waals surface area contributed by atoms with Gasteiger partial charge in [-0.15, -0.1) is 0 Å². The molecule has 0 aliphatic carbocycles. The van der Waals surface area contributed by atoms with Crippen molar-refractivity contribution >= 4 is 11.5 Å². The van der Waals surface area contributed by atoms with E-state index in [9.17, 15) is 10.1 Å². The first kappa shape index (κ1) is 17.3. The Morgan fingerprint density at radius 2 is 2.00 bits per heavy atom. The summed E-state index contributed by atoms with van der Waals surface area (Å²) in [7, 11) is 0. The molecule has 0 spiro atoms. The summed E-state index contributed by atoms with van der Waals surface area (Å²) in [6, 6.07) is 13.2. The lowest BCUT2D eigenvalue weighted by molar-refractivity contribution is -0.384. The molecule has 138 valence electrons. The highest BCUT2D eigenvalue weighted by molar-refractivity contribution is 5.72. The molecule has 2 heterocycles. The predicted octanol–water partition coefficient (Wildman–Crippen LogP) is 4.81. The minimum absolute atomic E-state index is 0.0746. The third kappa shape index (κ3) is 3.18. The summed E-state index contributed by atoms with van der Waals surface area (Å²) in [5.74, 6) is 0.951. The Hall–Kier alpha value is -3.15. The molecule has 6 heteroatoms. The van der Waals surface area contributed by atoms with Crippen molar-refractivity contribution in [1.29, 1.82) is 0 Å². The first-order valence-corrected chi connectivity index (χ1v) is 9.23. The average Bonchev–Trinajstić information content (AvgIpc) is 2.83. The van der Waals surface area contributed by atoms with Crippen molar-refractivity contribution in [1.82, 2.24) is 9.78 Å². The molecule has 0 fully saturated rings. The van der Waals surface area contributed by atoms with Crippen LogP contribution >= 0.6 is 0 Å². The van der Waals surface area contributed by atoms with Crippen molar-refractivity contribution in [2.24, 2.45) is 0 Å². The number of nitro benzene ring substituents is 1. The fourth-order valence-electron chi connectivity index (χ4n) is 3.64. The normalized spacial score (nSPS) is 13.6. The summed E-state index contributed by atoms with van der Waals surface area (Å²) in [6.07, 6.45) is 3.13. The molecule has 1 aromatic heterocycles. The molecule has 0 saturated heterocycles. The molecule has 6 nitrogen and oxygen atoms in total. The molecule has 2 aromatic carbocycles. The Morgan fingerprint density at radius 3 is 2.78 bits per heavy atom. The predicted molar refractivity (Wildman–Crippen MR) is 107 cm³/mol. The van der Waals surface area contributed by atoms with Gasteiger partial charge in [0.05, 0.1) is 16.3 Å². The first-order valence-electron chi connectivity index (χ1n) is 9.23. The Labute approximate surface area is 158 Å². The molecule has 0 atom stereocenters. The first-order chi connectivity index (χ1) is 13.0. The summed E-state index contributed by atoms with van der Waals surface area (Å²) in [6.45, 7) is 4.90. The van der Waals surface area contributed by atoms with Crippen LogP contribution in [0.1, 0.15) is 29.5 Å². The van der Waals surface area contributed by atoms with Crippen molar-refractivity contribution in [3.8, 4) is 16.9 Å². The van der Waals surface area contributed by atoms with Gasteiger partial charge >= 0.3 is 0 Å². The topological polar surface area (TPSA) is 73.0 Å². The Bertz CT molecular complexity index is 1020. The number of hydrogen-bond acceptors (Lipinski definition) is 4. The van der Waals surface area contributed by atoms with Crippen LogP contribution in [0.25, 0.3) is 16.9 Å². The zero-order valence-corrected chi connectivity index (χ0v) is 15.5. The van der Waals surface area contributed by atoms with E-state index in [2.05, 4.69) is 30.4 Å². The maximum absolute atomic E-state index is 11.3. The zero-order chi connectivity index (χ0) is 19.0. The standard InChI is InChI=1S/C21H22N4O2/c1-14-6-5-7-16(12-14)20-18-8-3-4-11-22-21(18)24(23-20)19-13-17(25(26)27)10-9-15(19)2/h5-7,9-10,12-13,22H,3-4,8,11H2,1-2H3. The summed E-state index contributed by atoms with van der Waals surface area (Å²) in [5.41, 5.74) is 6.17. The van der Waals surface area contributed by atoms with Gasteiger partial charge in [-0.1, -0.05) is 29.8 Å². The summed E-state index contributed by atoms with van der Waals surface area (Å²) >= 11 is 0. The van der Waals surface area contributed by atoms with E-state index in [0.717, 1.165) is 54.1 Å². The highest BCUT2D eigenvalue weighted by Crippen LogP contribution is 2.35. The van der Waals surface area contributed by atoms with Gasteiger partial charge in [-0.3, -0.25) is 10.1 Å². The van der Waals surface area contributed by atoms with Gasteiger partial charge in [0.15, 0.2) is 0 Å². The van der Waals surface area contributed by atoms with Crippen molar-refractivity contribution < 1.29 is 4.92 Å². The van der Waals surface area contributed by atoms with Crippen LogP contribution in [-0.2, 0) is 6.42 Å². The molecule has 0 bridgehead atoms. The lowest BCUT2D eigenvalue weighted by atomic mass is 10.0. The summed E-state index contributed by atoms with van der Waals surface area (Å²) in [4.78, 5) is 10.9. The smallest absolute Gasteiger partial charge is 0.271 e. The molecule has 0 radical (unpaired) electrons. The number of rotatable bonds is 3. The van der Waals surface area contributed by atoms with Crippen molar-refractivity contribution in [2.45, 2.75) is 33.1 Å². The van der Waals surface area contributed by atoms with Crippen LogP contribution < -0.4 is 5.32 Å². The number of hydrogen-bond donors (Lipinski definition) is 1. The highest BCUT2D eigenvalue weighted by atomic mass is 16.6. The van der Waals surface area contributed by atoms with Crippen LogP contribution in [0.3, 0.4) is 0 Å². The van der Waals surface area contributed by atoms with Crippen LogP contribution in [-0.4, -0.2) is 21.2 Å². The van der Waals surface area contributed by atoms with Gasteiger partial charge in [-0.2, -0.15) is 5.10 Å². The van der Waals surface area contributed by atoms with Crippen molar-refractivity contribution in [3.05, 3.63) is 69.3 Å². The fourth-order valence-corrected chi connectivity index (χ4v) is 3.64. The number of nitrogens with one attached hydrogen (secondary N) is 1. The van der Waals surface area contributed by atoms with E-state index in [-0.39, 0.29) is 10.6 Å². The van der Waals surface area contributed by atoms with Gasteiger partial charge < -0.3 is 5.32 Å². The molecule has 3 aromatic rings. The van der Waals surface area contributed by atoms with E-state index in [0.29, 0.717) is 0 Å². The molecule has 1 aliphatic heterocycles. The fraction of sp³-hybridized carbons (Fsp3) is 0.286. The second-order valence-electron chi connectivity index (χ2n) is 7.07. The Kier molecular flexibility index (Phi) is 4.39. The SMILES string of the molecule is Cc1cccc(-c2nn(-c3cc([N+](=O)[O-])ccc3C)c3c2CCCCN3)c1. The highest BCUT2D eigenvalue weighted by Gasteiger charge is 2.23. The Balaban J connectivity index is 1.94. The molecule has 0 saturated carbocycles. The largest absolute Gasteiger partial charge is 0.370 e. The number of aromatic nitrogens is 2.